The summed E-state index contributed by atoms with van der Waals surface area (Å²) in [6, 6.07) is 2.41. The molecule has 214 valence electrons. The van der Waals surface area contributed by atoms with Crippen LogP contribution >= 0.6 is 11.8 Å². The van der Waals surface area contributed by atoms with Crippen molar-refractivity contribution in [3.8, 4) is 0 Å². The van der Waals surface area contributed by atoms with E-state index in [1.54, 1.807) is 13.1 Å². The molecule has 12 nitrogen and oxygen atoms in total. The maximum atomic E-state index is 13.3. The first-order chi connectivity index (χ1) is 18.5. The maximum absolute atomic E-state index is 13.3. The molecule has 0 fully saturated rings. The van der Waals surface area contributed by atoms with Crippen molar-refractivity contribution < 1.29 is 34.2 Å². The van der Waals surface area contributed by atoms with E-state index >= 15 is 0 Å². The monoisotopic (exact) mass is 563 g/mol. The van der Waals surface area contributed by atoms with Crippen molar-refractivity contribution in [3.63, 3.8) is 0 Å². The molecule has 0 bridgehead atoms. The van der Waals surface area contributed by atoms with Crippen molar-refractivity contribution in [1.82, 2.24) is 20.9 Å². The van der Waals surface area contributed by atoms with Gasteiger partial charge in [0.15, 0.2) is 0 Å². The van der Waals surface area contributed by atoms with E-state index in [0.717, 1.165) is 10.9 Å². The molecule has 0 radical (unpaired) electrons. The molecule has 0 aliphatic heterocycles. The first kappa shape index (κ1) is 31.6. The van der Waals surface area contributed by atoms with Gasteiger partial charge in [-0.2, -0.15) is 11.8 Å². The van der Waals surface area contributed by atoms with E-state index in [4.69, 9.17) is 5.73 Å². The van der Waals surface area contributed by atoms with Crippen LogP contribution in [0, 0.1) is 5.92 Å². The number of para-hydroxylation sites is 1. The van der Waals surface area contributed by atoms with Gasteiger partial charge in [0.25, 0.3) is 0 Å². The molecule has 0 spiro atoms. The SMILES string of the molecule is CCC(C)C(N)C(=O)NC(CC(=O)O)C(=O)NC(Cc1c[nH]c2ccccc12)C(=O)NC(CCSC)C(=O)O. The number of nitrogens with one attached hydrogen (secondary N) is 4. The van der Waals surface area contributed by atoms with Gasteiger partial charge in [0.05, 0.1) is 12.5 Å². The minimum atomic E-state index is -1.50. The first-order valence-corrected chi connectivity index (χ1v) is 14.0. The topological polar surface area (TPSA) is 204 Å². The van der Waals surface area contributed by atoms with Crippen LogP contribution in [-0.2, 0) is 30.4 Å². The Kier molecular flexibility index (Phi) is 12.3. The smallest absolute Gasteiger partial charge is 0.326 e. The summed E-state index contributed by atoms with van der Waals surface area (Å²) in [6.07, 6.45) is 3.50. The third kappa shape index (κ3) is 9.29. The van der Waals surface area contributed by atoms with E-state index in [-0.39, 0.29) is 18.8 Å². The van der Waals surface area contributed by atoms with Crippen LogP contribution in [-0.4, -0.2) is 81.0 Å². The molecule has 2 aromatic rings. The van der Waals surface area contributed by atoms with Gasteiger partial charge in [0.1, 0.15) is 18.1 Å². The summed E-state index contributed by atoms with van der Waals surface area (Å²) in [5.74, 6) is -4.63. The van der Waals surface area contributed by atoms with Crippen LogP contribution in [0.5, 0.6) is 0 Å². The Labute approximate surface area is 230 Å². The van der Waals surface area contributed by atoms with Gasteiger partial charge in [0.2, 0.25) is 17.7 Å². The highest BCUT2D eigenvalue weighted by Crippen LogP contribution is 2.19. The Bertz CT molecular complexity index is 1170. The molecule has 1 heterocycles. The van der Waals surface area contributed by atoms with Gasteiger partial charge in [0, 0.05) is 23.5 Å². The van der Waals surface area contributed by atoms with Crippen molar-refractivity contribution in [2.75, 3.05) is 12.0 Å². The zero-order valence-electron chi connectivity index (χ0n) is 22.2. The lowest BCUT2D eigenvalue weighted by atomic mass is 9.98. The Morgan fingerprint density at radius 3 is 2.21 bits per heavy atom. The molecule has 5 atom stereocenters. The van der Waals surface area contributed by atoms with Gasteiger partial charge in [-0.1, -0.05) is 38.5 Å². The summed E-state index contributed by atoms with van der Waals surface area (Å²) in [7, 11) is 0. The average Bonchev–Trinajstić information content (AvgIpc) is 3.31. The normalized spacial score (nSPS) is 15.0. The Balaban J connectivity index is 2.33. The van der Waals surface area contributed by atoms with Crippen LogP contribution in [0.2, 0.25) is 0 Å². The van der Waals surface area contributed by atoms with Crippen molar-refractivity contribution in [3.05, 3.63) is 36.0 Å². The second kappa shape index (κ2) is 15.1. The van der Waals surface area contributed by atoms with Gasteiger partial charge >= 0.3 is 11.9 Å². The highest BCUT2D eigenvalue weighted by atomic mass is 32.2. The zero-order valence-corrected chi connectivity index (χ0v) is 23.0. The number of benzene rings is 1. The number of aromatic amines is 1. The molecule has 0 aliphatic carbocycles. The minimum Gasteiger partial charge on any atom is -0.481 e. The van der Waals surface area contributed by atoms with Crippen LogP contribution in [0.15, 0.2) is 30.5 Å². The predicted molar refractivity (Wildman–Crippen MR) is 148 cm³/mol. The highest BCUT2D eigenvalue weighted by molar-refractivity contribution is 7.98. The number of rotatable bonds is 16. The van der Waals surface area contributed by atoms with Crippen LogP contribution in [0.4, 0.5) is 0 Å². The fourth-order valence-electron chi connectivity index (χ4n) is 3.93. The van der Waals surface area contributed by atoms with E-state index < -0.39 is 60.2 Å². The van der Waals surface area contributed by atoms with Gasteiger partial charge < -0.3 is 36.9 Å². The fourth-order valence-corrected chi connectivity index (χ4v) is 4.40. The largest absolute Gasteiger partial charge is 0.481 e. The summed E-state index contributed by atoms with van der Waals surface area (Å²) in [5.41, 5.74) is 7.43. The number of aliphatic carboxylic acids is 2. The molecule has 5 unspecified atom stereocenters. The molecule has 8 N–H and O–H groups in total. The lowest BCUT2D eigenvalue weighted by Gasteiger charge is -2.25. The van der Waals surface area contributed by atoms with Gasteiger partial charge in [-0.3, -0.25) is 19.2 Å². The number of hydrogen-bond donors (Lipinski definition) is 7. The van der Waals surface area contributed by atoms with E-state index in [1.807, 2.05) is 37.4 Å². The third-order valence-corrected chi connectivity index (χ3v) is 7.17. The zero-order chi connectivity index (χ0) is 29.1. The lowest BCUT2D eigenvalue weighted by molar-refractivity contribution is -0.143. The summed E-state index contributed by atoms with van der Waals surface area (Å²) in [6.45, 7) is 3.60. The number of fused-ring (bicyclic) bond motifs is 1. The Hall–Kier alpha value is -3.58. The number of aromatic nitrogens is 1. The summed E-state index contributed by atoms with van der Waals surface area (Å²) < 4.78 is 0. The van der Waals surface area contributed by atoms with Crippen LogP contribution in [0.1, 0.15) is 38.7 Å². The second-order valence-corrected chi connectivity index (χ2v) is 10.4. The number of carboxylic acids is 2. The van der Waals surface area contributed by atoms with Gasteiger partial charge in [-0.15, -0.1) is 0 Å². The quantitative estimate of drug-likeness (QED) is 0.154. The van der Waals surface area contributed by atoms with E-state index in [2.05, 4.69) is 20.9 Å². The van der Waals surface area contributed by atoms with Crippen LogP contribution in [0.3, 0.4) is 0 Å². The number of nitrogens with two attached hydrogens (primary N) is 1. The number of carbonyl (C=O) groups is 5. The summed E-state index contributed by atoms with van der Waals surface area (Å²) >= 11 is 1.43. The average molecular weight is 564 g/mol. The molecule has 39 heavy (non-hydrogen) atoms. The van der Waals surface area contributed by atoms with E-state index in [0.29, 0.717) is 17.7 Å². The minimum absolute atomic E-state index is 0.0173. The van der Waals surface area contributed by atoms with E-state index in [1.165, 1.54) is 11.8 Å². The third-order valence-electron chi connectivity index (χ3n) is 6.53. The number of H-pyrrole nitrogens is 1. The predicted octanol–water partition coefficient (Wildman–Crippen LogP) is 0.851. The number of thioether (sulfide) groups is 1. The molecular formula is C26H37N5O7S. The van der Waals surface area contributed by atoms with Crippen molar-refractivity contribution in [2.24, 2.45) is 11.7 Å². The molecule has 3 amide bonds. The molecule has 1 aromatic carbocycles. The molecule has 2 rings (SSSR count). The molecule has 1 aromatic heterocycles. The number of carbonyl (C=O) groups excluding carboxylic acids is 3. The van der Waals surface area contributed by atoms with Crippen LogP contribution < -0.4 is 21.7 Å². The molecular weight excluding hydrogens is 526 g/mol. The van der Waals surface area contributed by atoms with Crippen LogP contribution in [0.25, 0.3) is 10.9 Å². The first-order valence-electron chi connectivity index (χ1n) is 12.6. The standard InChI is InChI=1S/C26H37N5O7S/c1-4-14(2)22(27)25(36)31-20(12-21(32)33)24(35)30-19(23(34)29-18(26(37)38)9-10-39-3)11-15-13-28-17-8-6-5-7-16(15)17/h5-8,13-14,18-20,22,28H,4,9-12,27H2,1-3H3,(H,29,34)(H,30,35)(H,31,36)(H,32,33)(H,37,38). The second-order valence-electron chi connectivity index (χ2n) is 9.38. The molecule has 0 saturated heterocycles. The molecule has 0 saturated carbocycles. The molecule has 0 aliphatic rings. The molecule has 13 heteroatoms. The van der Waals surface area contributed by atoms with Gasteiger partial charge in [-0.05, 0) is 36.0 Å². The number of carboxylic acid groups (broad SMARTS) is 2. The maximum Gasteiger partial charge on any atom is 0.326 e. The van der Waals surface area contributed by atoms with Gasteiger partial charge in [-0.25, -0.2) is 4.79 Å². The van der Waals surface area contributed by atoms with E-state index in [9.17, 15) is 34.2 Å². The fraction of sp³-hybridized carbons (Fsp3) is 0.500. The number of amides is 3. The number of hydrogen-bond acceptors (Lipinski definition) is 7. The lowest BCUT2D eigenvalue weighted by Crippen LogP contribution is -2.58. The van der Waals surface area contributed by atoms with Crippen molar-refractivity contribution in [1.29, 1.82) is 0 Å². The highest BCUT2D eigenvalue weighted by Gasteiger charge is 2.32. The summed E-state index contributed by atoms with van der Waals surface area (Å²) in [5, 5.41) is 27.1. The summed E-state index contributed by atoms with van der Waals surface area (Å²) in [4.78, 5) is 65.5. The van der Waals surface area contributed by atoms with Crippen molar-refractivity contribution >= 4 is 52.3 Å². The Morgan fingerprint density at radius 2 is 1.59 bits per heavy atom. The van der Waals surface area contributed by atoms with Crippen molar-refractivity contribution in [2.45, 2.75) is 63.7 Å². The Morgan fingerprint density at radius 1 is 0.974 bits per heavy atom.